The predicted octanol–water partition coefficient (Wildman–Crippen LogP) is -0.328. The average molecular weight is 285 g/mol. The molecular weight excluding hydrogens is 275 g/mol. The van der Waals surface area contributed by atoms with Gasteiger partial charge >= 0.3 is 0 Å². The van der Waals surface area contributed by atoms with Crippen LogP contribution >= 0.6 is 11.6 Å². The molecule has 2 aromatic rings. The lowest BCUT2D eigenvalue weighted by Gasteiger charge is -2.04. The Kier molecular flexibility index (Phi) is 5.07. The van der Waals surface area contributed by atoms with Crippen LogP contribution in [-0.4, -0.2) is 4.92 Å². The van der Waals surface area contributed by atoms with Gasteiger partial charge < -0.3 is 12.4 Å². The van der Waals surface area contributed by atoms with Crippen molar-refractivity contribution in [3.05, 3.63) is 70.5 Å². The van der Waals surface area contributed by atoms with Crippen molar-refractivity contribution in [2.75, 3.05) is 0 Å². The van der Waals surface area contributed by atoms with E-state index in [0.29, 0.717) is 0 Å². The molecule has 1 unspecified atom stereocenters. The van der Waals surface area contributed by atoms with Crippen molar-refractivity contribution >= 4 is 17.3 Å². The molecule has 0 amide bonds. The number of nitro groups is 1. The molecule has 0 aliphatic rings. The Hall–Kier alpha value is -1.65. The third kappa shape index (κ3) is 3.18. The molecule has 0 saturated heterocycles. The number of hydrogen-bond acceptors (Lipinski definition) is 2. The highest BCUT2D eigenvalue weighted by atomic mass is 35.5. The van der Waals surface area contributed by atoms with Crippen molar-refractivity contribution in [3.63, 3.8) is 0 Å². The third-order valence-corrected chi connectivity index (χ3v) is 2.86. The Bertz CT molecular complexity index is 517. The second-order valence-electron chi connectivity index (χ2n) is 3.51. The van der Waals surface area contributed by atoms with Crippen LogP contribution in [0.5, 0.6) is 0 Å². The zero-order valence-electron chi connectivity index (χ0n) is 9.24. The molecule has 18 heavy (non-hydrogen) atoms. The van der Waals surface area contributed by atoms with Crippen LogP contribution < -0.4 is 17.0 Å². The van der Waals surface area contributed by atoms with Crippen molar-refractivity contribution in [2.45, 2.75) is 5.50 Å². The van der Waals surface area contributed by atoms with Gasteiger partial charge in [-0.2, -0.15) is 4.57 Å². The van der Waals surface area contributed by atoms with Crippen LogP contribution in [0.15, 0.2) is 54.9 Å². The van der Waals surface area contributed by atoms with Crippen LogP contribution in [0.1, 0.15) is 11.1 Å². The number of alkyl halides is 1. The Morgan fingerprint density at radius 3 is 2.17 bits per heavy atom. The molecule has 2 rings (SSSR count). The van der Waals surface area contributed by atoms with Crippen molar-refractivity contribution in [3.8, 4) is 0 Å². The molecule has 0 aliphatic carbocycles. The molecule has 0 saturated carbocycles. The van der Waals surface area contributed by atoms with E-state index in [1.54, 1.807) is 12.1 Å². The van der Waals surface area contributed by atoms with Gasteiger partial charge in [0.2, 0.25) is 0 Å². The van der Waals surface area contributed by atoms with Crippen molar-refractivity contribution < 1.29 is 21.9 Å². The van der Waals surface area contributed by atoms with Crippen molar-refractivity contribution in [2.24, 2.45) is 0 Å². The standard InChI is InChI=1S/C12H10ClN2O2.ClH/c13-12(14-8-2-1-3-9-14)10-4-6-11(7-5-10)15(16)17;/h1-9,12H;1H/q+1;/p-1. The molecule has 0 bridgehead atoms. The number of nitro benzene ring substituents is 1. The number of pyridine rings is 1. The zero-order chi connectivity index (χ0) is 12.3. The van der Waals surface area contributed by atoms with Crippen molar-refractivity contribution in [1.82, 2.24) is 0 Å². The molecular formula is C12H10Cl2N2O2. The zero-order valence-corrected chi connectivity index (χ0v) is 10.8. The maximum atomic E-state index is 10.5. The third-order valence-electron chi connectivity index (χ3n) is 2.38. The summed E-state index contributed by atoms with van der Waals surface area (Å²) in [6.45, 7) is 0. The lowest BCUT2D eigenvalue weighted by atomic mass is 10.2. The molecule has 1 atom stereocenters. The van der Waals surface area contributed by atoms with Gasteiger partial charge in [-0.25, -0.2) is 0 Å². The first kappa shape index (κ1) is 14.4. The Labute approximate surface area is 115 Å². The average Bonchev–Trinajstić information content (AvgIpc) is 2.39. The molecule has 0 radical (unpaired) electrons. The predicted molar refractivity (Wildman–Crippen MR) is 63.7 cm³/mol. The summed E-state index contributed by atoms with van der Waals surface area (Å²) in [4.78, 5) is 10.1. The summed E-state index contributed by atoms with van der Waals surface area (Å²) in [6.07, 6.45) is 3.69. The first-order valence-electron chi connectivity index (χ1n) is 5.02. The number of nitrogens with zero attached hydrogens (tertiary/aromatic N) is 2. The fourth-order valence-electron chi connectivity index (χ4n) is 1.49. The lowest BCUT2D eigenvalue weighted by Crippen LogP contribution is -3.00. The number of aromatic nitrogens is 1. The summed E-state index contributed by atoms with van der Waals surface area (Å²) >= 11 is 6.26. The maximum absolute atomic E-state index is 10.5. The summed E-state index contributed by atoms with van der Waals surface area (Å²) in [5.41, 5.74) is 0.515. The Morgan fingerprint density at radius 2 is 1.67 bits per heavy atom. The maximum Gasteiger partial charge on any atom is 0.269 e. The second kappa shape index (κ2) is 6.33. The highest BCUT2D eigenvalue weighted by molar-refractivity contribution is 6.19. The molecule has 94 valence electrons. The van der Waals surface area contributed by atoms with E-state index in [1.807, 2.05) is 35.2 Å². The quantitative estimate of drug-likeness (QED) is 0.335. The fourth-order valence-corrected chi connectivity index (χ4v) is 1.77. The van der Waals surface area contributed by atoms with Crippen LogP contribution in [0, 0.1) is 10.1 Å². The van der Waals surface area contributed by atoms with Crippen LogP contribution in [0.25, 0.3) is 0 Å². The van der Waals surface area contributed by atoms with Gasteiger partial charge in [-0.15, -0.1) is 0 Å². The van der Waals surface area contributed by atoms with Crippen LogP contribution in [-0.2, 0) is 0 Å². The lowest BCUT2D eigenvalue weighted by molar-refractivity contribution is -0.694. The summed E-state index contributed by atoms with van der Waals surface area (Å²) in [5.74, 6) is 0. The first-order chi connectivity index (χ1) is 8.18. The second-order valence-corrected chi connectivity index (χ2v) is 3.92. The summed E-state index contributed by atoms with van der Waals surface area (Å²) in [5, 5.41) is 10.5. The van der Waals surface area contributed by atoms with Gasteiger partial charge in [-0.05, 0) is 23.7 Å². The Balaban J connectivity index is 0.00000162. The minimum absolute atomic E-state index is 0. The van der Waals surface area contributed by atoms with E-state index < -0.39 is 4.92 Å². The molecule has 0 spiro atoms. The van der Waals surface area contributed by atoms with Crippen molar-refractivity contribution in [1.29, 1.82) is 0 Å². The number of non-ortho nitro benzene ring substituents is 1. The van der Waals surface area contributed by atoms with Gasteiger partial charge in [-0.3, -0.25) is 10.1 Å². The van der Waals surface area contributed by atoms with Gasteiger partial charge in [0.1, 0.15) is 0 Å². The van der Waals surface area contributed by atoms with E-state index in [9.17, 15) is 10.1 Å². The fraction of sp³-hybridized carbons (Fsp3) is 0.0833. The normalized spacial score (nSPS) is 11.4. The topological polar surface area (TPSA) is 47.0 Å². The molecule has 0 fully saturated rings. The highest BCUT2D eigenvalue weighted by Crippen LogP contribution is 2.20. The van der Waals surface area contributed by atoms with E-state index in [-0.39, 0.29) is 23.6 Å². The van der Waals surface area contributed by atoms with Gasteiger partial charge in [0, 0.05) is 29.8 Å². The smallest absolute Gasteiger partial charge is 0.269 e. The highest BCUT2D eigenvalue weighted by Gasteiger charge is 2.17. The van der Waals surface area contributed by atoms with E-state index in [1.165, 1.54) is 12.1 Å². The molecule has 1 aromatic heterocycles. The van der Waals surface area contributed by atoms with E-state index in [4.69, 9.17) is 11.6 Å². The van der Waals surface area contributed by atoms with Crippen LogP contribution in [0.3, 0.4) is 0 Å². The number of rotatable bonds is 3. The minimum Gasteiger partial charge on any atom is -1.00 e. The Morgan fingerprint density at radius 1 is 1.11 bits per heavy atom. The molecule has 0 aliphatic heterocycles. The molecule has 0 N–H and O–H groups in total. The molecule has 6 heteroatoms. The summed E-state index contributed by atoms with van der Waals surface area (Å²) in [6, 6.07) is 11.9. The number of halogens is 2. The summed E-state index contributed by atoms with van der Waals surface area (Å²) in [7, 11) is 0. The molecule has 1 heterocycles. The molecule has 4 nitrogen and oxygen atoms in total. The van der Waals surface area contributed by atoms with Crippen LogP contribution in [0.4, 0.5) is 5.69 Å². The van der Waals surface area contributed by atoms with Gasteiger partial charge in [-0.1, -0.05) is 6.07 Å². The van der Waals surface area contributed by atoms with E-state index >= 15 is 0 Å². The molecule has 1 aromatic carbocycles. The summed E-state index contributed by atoms with van der Waals surface area (Å²) < 4.78 is 1.82. The van der Waals surface area contributed by atoms with Gasteiger partial charge in [0.25, 0.3) is 11.2 Å². The minimum atomic E-state index is -0.428. The number of hydrogen-bond donors (Lipinski definition) is 0. The van der Waals surface area contributed by atoms with Gasteiger partial charge in [0.15, 0.2) is 12.4 Å². The van der Waals surface area contributed by atoms with Crippen LogP contribution in [0.2, 0.25) is 0 Å². The largest absolute Gasteiger partial charge is 1.00 e. The SMILES string of the molecule is O=[N+]([O-])c1ccc(C(Cl)[n+]2ccccc2)cc1.[Cl-]. The monoisotopic (exact) mass is 284 g/mol. The van der Waals surface area contributed by atoms with Gasteiger partial charge in [0.05, 0.1) is 4.92 Å². The van der Waals surface area contributed by atoms with E-state index in [0.717, 1.165) is 5.56 Å². The number of benzene rings is 1. The first-order valence-corrected chi connectivity index (χ1v) is 5.46. The van der Waals surface area contributed by atoms with E-state index in [2.05, 4.69) is 0 Å².